The first-order valence-corrected chi connectivity index (χ1v) is 8.07. The number of benzene rings is 2. The molecule has 0 fully saturated rings. The largest absolute Gasteiger partial charge is 0.339 e. The Kier molecular flexibility index (Phi) is 3.08. The normalized spacial score (nSPS) is 11.8. The van der Waals surface area contributed by atoms with Gasteiger partial charge in [-0.1, -0.05) is 18.2 Å². The van der Waals surface area contributed by atoms with Gasteiger partial charge in [0.1, 0.15) is 0 Å². The molecule has 0 N–H and O–H groups in total. The van der Waals surface area contributed by atoms with E-state index in [1.165, 1.54) is 43.7 Å². The van der Waals surface area contributed by atoms with Crippen molar-refractivity contribution in [2.75, 3.05) is 5.88 Å². The van der Waals surface area contributed by atoms with Crippen LogP contribution < -0.4 is 0 Å². The van der Waals surface area contributed by atoms with E-state index >= 15 is 0 Å². The summed E-state index contributed by atoms with van der Waals surface area (Å²) in [5, 5.41) is 5.15. The molecule has 2 aromatic heterocycles. The van der Waals surface area contributed by atoms with Crippen LogP contribution >= 0.6 is 11.6 Å². The molecular formula is C19H17ClN2. The fraction of sp³-hybridized carbons (Fsp3) is 0.211. The van der Waals surface area contributed by atoms with Crippen molar-refractivity contribution in [3.05, 3.63) is 53.9 Å². The quantitative estimate of drug-likeness (QED) is 0.465. The average molecular weight is 309 g/mol. The first-order valence-electron chi connectivity index (χ1n) is 7.54. The van der Waals surface area contributed by atoms with Gasteiger partial charge in [-0.2, -0.15) is 0 Å². The Bertz CT molecular complexity index is 1010. The molecule has 0 radical (unpaired) electrons. The van der Waals surface area contributed by atoms with Gasteiger partial charge >= 0.3 is 0 Å². The van der Waals surface area contributed by atoms with Crippen molar-refractivity contribution in [1.82, 2.24) is 9.55 Å². The zero-order valence-corrected chi connectivity index (χ0v) is 13.5. The highest BCUT2D eigenvalue weighted by molar-refractivity contribution is 6.19. The topological polar surface area (TPSA) is 17.8 Å². The minimum atomic E-state index is 0.612. The van der Waals surface area contributed by atoms with E-state index in [4.69, 9.17) is 11.6 Å². The summed E-state index contributed by atoms with van der Waals surface area (Å²) in [6.45, 7) is 5.22. The van der Waals surface area contributed by atoms with E-state index in [0.717, 1.165) is 6.54 Å². The summed E-state index contributed by atoms with van der Waals surface area (Å²) in [5.74, 6) is 0.612. The van der Waals surface area contributed by atoms with Gasteiger partial charge in [-0.25, -0.2) is 0 Å². The molecule has 0 unspecified atom stereocenters. The Balaban J connectivity index is 2.35. The molecule has 4 rings (SSSR count). The molecule has 3 heteroatoms. The van der Waals surface area contributed by atoms with Gasteiger partial charge in [-0.15, -0.1) is 11.6 Å². The fourth-order valence-electron chi connectivity index (χ4n) is 3.67. The summed E-state index contributed by atoms with van der Waals surface area (Å²) in [6.07, 6.45) is 3.85. The molecule has 0 aliphatic heterocycles. The highest BCUT2D eigenvalue weighted by Gasteiger charge is 2.17. The van der Waals surface area contributed by atoms with Gasteiger partial charge in [-0.05, 0) is 42.5 Å². The second kappa shape index (κ2) is 4.99. The lowest BCUT2D eigenvalue weighted by atomic mass is 9.97. The van der Waals surface area contributed by atoms with E-state index in [-0.39, 0.29) is 0 Å². The van der Waals surface area contributed by atoms with Gasteiger partial charge in [-0.3, -0.25) is 4.98 Å². The van der Waals surface area contributed by atoms with Crippen LogP contribution in [0.25, 0.3) is 32.6 Å². The molecule has 2 nitrogen and oxygen atoms in total. The van der Waals surface area contributed by atoms with E-state index in [0.29, 0.717) is 5.88 Å². The smallest absolute Gasteiger partial charge is 0.0530 e. The molecule has 2 heterocycles. The maximum Gasteiger partial charge on any atom is 0.0530 e. The van der Waals surface area contributed by atoms with E-state index in [2.05, 4.69) is 53.7 Å². The maximum atomic E-state index is 6.07. The third-order valence-corrected chi connectivity index (χ3v) is 4.81. The number of fused-ring (bicyclic) bond motifs is 4. The number of halogens is 1. The van der Waals surface area contributed by atoms with Gasteiger partial charge in [0.25, 0.3) is 0 Å². The fourth-order valence-corrected chi connectivity index (χ4v) is 3.84. The lowest BCUT2D eigenvalue weighted by molar-refractivity contribution is 0.832. The number of hydrogen-bond donors (Lipinski definition) is 0. The predicted molar refractivity (Wildman–Crippen MR) is 94.9 cm³/mol. The van der Waals surface area contributed by atoms with Gasteiger partial charge in [0.05, 0.1) is 5.52 Å². The molecule has 0 spiro atoms. The summed E-state index contributed by atoms with van der Waals surface area (Å²) in [7, 11) is 0. The molecule has 0 atom stereocenters. The van der Waals surface area contributed by atoms with Gasteiger partial charge in [0.15, 0.2) is 0 Å². The highest BCUT2D eigenvalue weighted by atomic mass is 35.5. The number of aryl methyl sites for hydroxylation is 3. The molecule has 0 aliphatic carbocycles. The Labute approximate surface area is 134 Å². The summed E-state index contributed by atoms with van der Waals surface area (Å²) in [5.41, 5.74) is 5.17. The molecule has 0 aliphatic rings. The van der Waals surface area contributed by atoms with Crippen LogP contribution in [0.5, 0.6) is 0 Å². The van der Waals surface area contributed by atoms with Crippen molar-refractivity contribution >= 4 is 44.2 Å². The average Bonchev–Trinajstić information content (AvgIpc) is 2.88. The van der Waals surface area contributed by atoms with E-state index < -0.39 is 0 Å². The standard InChI is InChI=1S/C19H17ClN2/c1-12-16-11-21-9-7-14(16)13(2)19-18(12)15-5-3-4-6-17(15)22(19)10-8-20/h3-7,9,11H,8,10H2,1-2H3. The Morgan fingerprint density at radius 1 is 1.00 bits per heavy atom. The highest BCUT2D eigenvalue weighted by Crippen LogP contribution is 2.38. The van der Waals surface area contributed by atoms with Crippen molar-refractivity contribution in [1.29, 1.82) is 0 Å². The van der Waals surface area contributed by atoms with Crippen molar-refractivity contribution in [2.45, 2.75) is 20.4 Å². The molecular weight excluding hydrogens is 292 g/mol. The monoisotopic (exact) mass is 308 g/mol. The van der Waals surface area contributed by atoms with Crippen LogP contribution in [0.15, 0.2) is 42.7 Å². The Morgan fingerprint density at radius 2 is 1.82 bits per heavy atom. The molecule has 0 saturated heterocycles. The number of hydrogen-bond acceptors (Lipinski definition) is 1. The lowest BCUT2D eigenvalue weighted by Gasteiger charge is -2.12. The molecule has 0 bridgehead atoms. The van der Waals surface area contributed by atoms with E-state index in [9.17, 15) is 0 Å². The molecule has 0 saturated carbocycles. The summed E-state index contributed by atoms with van der Waals surface area (Å²) in [6, 6.07) is 10.7. The van der Waals surface area contributed by atoms with E-state index in [1.807, 2.05) is 12.4 Å². The maximum absolute atomic E-state index is 6.07. The molecule has 4 aromatic rings. The van der Waals surface area contributed by atoms with Crippen LogP contribution in [-0.4, -0.2) is 15.4 Å². The summed E-state index contributed by atoms with van der Waals surface area (Å²) in [4.78, 5) is 4.32. The zero-order chi connectivity index (χ0) is 15.3. The first-order chi connectivity index (χ1) is 10.7. The summed E-state index contributed by atoms with van der Waals surface area (Å²) < 4.78 is 2.36. The van der Waals surface area contributed by atoms with Crippen LogP contribution in [0.2, 0.25) is 0 Å². The molecule has 0 amide bonds. The number of alkyl halides is 1. The van der Waals surface area contributed by atoms with E-state index in [1.54, 1.807) is 0 Å². The SMILES string of the molecule is Cc1c2cnccc2c(C)c2c1c1ccccc1n2CCCl. The number of nitrogens with zero attached hydrogens (tertiary/aromatic N) is 2. The third kappa shape index (κ3) is 1.71. The number of rotatable bonds is 2. The van der Waals surface area contributed by atoms with Crippen molar-refractivity contribution in [3.63, 3.8) is 0 Å². The van der Waals surface area contributed by atoms with Gasteiger partial charge < -0.3 is 4.57 Å². The van der Waals surface area contributed by atoms with Crippen LogP contribution in [0.3, 0.4) is 0 Å². The van der Waals surface area contributed by atoms with Crippen LogP contribution in [0.1, 0.15) is 11.1 Å². The lowest BCUT2D eigenvalue weighted by Crippen LogP contribution is -2.00. The number of para-hydroxylation sites is 1. The molecule has 22 heavy (non-hydrogen) atoms. The predicted octanol–water partition coefficient (Wildman–Crippen LogP) is 5.20. The Hall–Kier alpha value is -2.06. The minimum absolute atomic E-state index is 0.612. The van der Waals surface area contributed by atoms with Crippen LogP contribution in [-0.2, 0) is 6.54 Å². The third-order valence-electron chi connectivity index (χ3n) is 4.64. The second-order valence-electron chi connectivity index (χ2n) is 5.75. The zero-order valence-electron chi connectivity index (χ0n) is 12.7. The number of aromatic nitrogens is 2. The summed E-state index contributed by atoms with van der Waals surface area (Å²) >= 11 is 6.07. The number of pyridine rings is 1. The minimum Gasteiger partial charge on any atom is -0.339 e. The van der Waals surface area contributed by atoms with Crippen LogP contribution in [0.4, 0.5) is 0 Å². The van der Waals surface area contributed by atoms with Gasteiger partial charge in [0.2, 0.25) is 0 Å². The molecule has 110 valence electrons. The Morgan fingerprint density at radius 3 is 2.64 bits per heavy atom. The van der Waals surface area contributed by atoms with Gasteiger partial charge in [0, 0.05) is 46.5 Å². The van der Waals surface area contributed by atoms with Crippen molar-refractivity contribution in [3.8, 4) is 0 Å². The van der Waals surface area contributed by atoms with Crippen molar-refractivity contribution < 1.29 is 0 Å². The molecule has 2 aromatic carbocycles. The second-order valence-corrected chi connectivity index (χ2v) is 6.13. The first kappa shape index (κ1) is 13.6. The van der Waals surface area contributed by atoms with Crippen LogP contribution in [0, 0.1) is 13.8 Å². The van der Waals surface area contributed by atoms with Crippen molar-refractivity contribution in [2.24, 2.45) is 0 Å².